The van der Waals surface area contributed by atoms with Crippen molar-refractivity contribution in [2.45, 2.75) is 38.1 Å². The van der Waals surface area contributed by atoms with Gasteiger partial charge in [-0.1, -0.05) is 31.4 Å². The summed E-state index contributed by atoms with van der Waals surface area (Å²) in [4.78, 5) is 18.3. The number of nitrogens with one attached hydrogen (secondary N) is 3. The molecule has 108 valence electrons. The predicted octanol–water partition coefficient (Wildman–Crippen LogP) is 3.75. The van der Waals surface area contributed by atoms with Gasteiger partial charge in [-0.2, -0.15) is 0 Å². The fourth-order valence-corrected chi connectivity index (χ4v) is 2.38. The number of rotatable bonds is 3. The van der Waals surface area contributed by atoms with Gasteiger partial charge in [-0.3, -0.25) is 20.5 Å². The van der Waals surface area contributed by atoms with E-state index < -0.39 is 0 Å². The molecule has 1 aromatic carbocycles. The van der Waals surface area contributed by atoms with Crippen LogP contribution >= 0.6 is 0 Å². The van der Waals surface area contributed by atoms with Crippen LogP contribution in [-0.4, -0.2) is 12.1 Å². The average Bonchev–Trinajstić information content (AvgIpc) is 2.53. The molecule has 0 bridgehead atoms. The number of amides is 2. The first-order valence-corrected chi connectivity index (χ1v) is 6.94. The lowest BCUT2D eigenvalue weighted by Crippen LogP contribution is -2.44. The van der Waals surface area contributed by atoms with Gasteiger partial charge in [0.05, 0.1) is 13.1 Å². The van der Waals surface area contributed by atoms with Gasteiger partial charge in [0.15, 0.2) is 11.4 Å². The molecule has 0 aliphatic heterocycles. The highest BCUT2D eigenvalue weighted by atomic mass is 16.2. The van der Waals surface area contributed by atoms with Gasteiger partial charge in [0.1, 0.15) is 0 Å². The van der Waals surface area contributed by atoms with Crippen LogP contribution in [0.3, 0.4) is 0 Å². The van der Waals surface area contributed by atoms with E-state index in [4.69, 9.17) is 13.1 Å². The monoisotopic (exact) mass is 283 g/mol. The van der Waals surface area contributed by atoms with E-state index >= 15 is 0 Å². The molecular formula is C15H17N5O. The van der Waals surface area contributed by atoms with Crippen molar-refractivity contribution < 1.29 is 4.79 Å². The van der Waals surface area contributed by atoms with Crippen LogP contribution in [0.15, 0.2) is 18.2 Å². The van der Waals surface area contributed by atoms with Crippen molar-refractivity contribution in [2.75, 3.05) is 5.43 Å². The summed E-state index contributed by atoms with van der Waals surface area (Å²) in [5, 5.41) is 2.92. The van der Waals surface area contributed by atoms with E-state index in [2.05, 4.69) is 25.9 Å². The second-order valence-electron chi connectivity index (χ2n) is 4.99. The largest absolute Gasteiger partial charge is 0.334 e. The summed E-state index contributed by atoms with van der Waals surface area (Å²) >= 11 is 0. The average molecular weight is 283 g/mol. The first-order valence-electron chi connectivity index (χ1n) is 6.94. The molecule has 6 nitrogen and oxygen atoms in total. The Balaban J connectivity index is 1.86. The van der Waals surface area contributed by atoms with Gasteiger partial charge in [-0.25, -0.2) is 4.79 Å². The Morgan fingerprint density at radius 3 is 2.48 bits per heavy atom. The molecule has 0 atom stereocenters. The molecule has 0 saturated heterocycles. The van der Waals surface area contributed by atoms with E-state index in [1.54, 1.807) is 18.2 Å². The molecule has 1 aromatic rings. The van der Waals surface area contributed by atoms with Crippen molar-refractivity contribution in [3.05, 3.63) is 41.0 Å². The van der Waals surface area contributed by atoms with Crippen molar-refractivity contribution in [3.63, 3.8) is 0 Å². The highest BCUT2D eigenvalue weighted by Gasteiger charge is 2.15. The highest BCUT2D eigenvalue weighted by molar-refractivity contribution is 5.78. The zero-order valence-electron chi connectivity index (χ0n) is 11.6. The maximum Gasteiger partial charge on any atom is 0.333 e. The second kappa shape index (κ2) is 7.16. The first-order chi connectivity index (χ1) is 10.2. The number of hydrogen-bond acceptors (Lipinski definition) is 2. The Hall–Kier alpha value is -2.73. The quantitative estimate of drug-likeness (QED) is 0.584. The number of carbonyl (C=O) groups is 1. The Morgan fingerprint density at radius 2 is 1.81 bits per heavy atom. The third kappa shape index (κ3) is 4.12. The van der Waals surface area contributed by atoms with Crippen molar-refractivity contribution >= 4 is 23.1 Å². The van der Waals surface area contributed by atoms with E-state index in [1.165, 1.54) is 6.42 Å². The van der Waals surface area contributed by atoms with Gasteiger partial charge in [-0.05, 0) is 18.9 Å². The van der Waals surface area contributed by atoms with Crippen LogP contribution in [0.5, 0.6) is 0 Å². The number of anilines is 1. The van der Waals surface area contributed by atoms with E-state index in [9.17, 15) is 4.79 Å². The summed E-state index contributed by atoms with van der Waals surface area (Å²) in [6.45, 7) is 14.0. The van der Waals surface area contributed by atoms with Gasteiger partial charge in [0, 0.05) is 11.7 Å². The molecule has 1 fully saturated rings. The van der Waals surface area contributed by atoms with E-state index in [-0.39, 0.29) is 17.8 Å². The number of benzene rings is 1. The molecular weight excluding hydrogens is 266 g/mol. The van der Waals surface area contributed by atoms with Crippen molar-refractivity contribution in [2.24, 2.45) is 0 Å². The lowest BCUT2D eigenvalue weighted by atomic mass is 9.96. The van der Waals surface area contributed by atoms with Gasteiger partial charge in [0.2, 0.25) is 0 Å². The smallest absolute Gasteiger partial charge is 0.333 e. The number of hydrogen-bond donors (Lipinski definition) is 3. The standard InChI is InChI=1S/C15H17N5O/c1-16-13-9-8-12(10-14(13)17-2)19-20-15(21)18-11-6-4-3-5-7-11/h8-11,19H,3-7H2,(H2,18,20,21). The molecule has 0 aromatic heterocycles. The topological polar surface area (TPSA) is 61.9 Å². The van der Waals surface area contributed by atoms with Crippen molar-refractivity contribution in [1.29, 1.82) is 0 Å². The van der Waals surface area contributed by atoms with Crippen molar-refractivity contribution in [1.82, 2.24) is 10.7 Å². The van der Waals surface area contributed by atoms with Gasteiger partial charge >= 0.3 is 6.03 Å². The molecule has 2 amide bonds. The molecule has 0 unspecified atom stereocenters. The van der Waals surface area contributed by atoms with Crippen LogP contribution in [-0.2, 0) is 0 Å². The number of urea groups is 1. The summed E-state index contributed by atoms with van der Waals surface area (Å²) in [6.07, 6.45) is 5.60. The summed E-state index contributed by atoms with van der Waals surface area (Å²) in [7, 11) is 0. The van der Waals surface area contributed by atoms with Gasteiger partial charge in [0.25, 0.3) is 0 Å². The minimum Gasteiger partial charge on any atom is -0.334 e. The minimum atomic E-state index is -0.277. The third-order valence-electron chi connectivity index (χ3n) is 3.48. The summed E-state index contributed by atoms with van der Waals surface area (Å²) in [6, 6.07) is 4.72. The molecule has 2 rings (SSSR count). The van der Waals surface area contributed by atoms with Crippen LogP contribution in [0, 0.1) is 13.1 Å². The Bertz CT molecular complexity index is 593. The van der Waals surface area contributed by atoms with Crippen LogP contribution in [0.4, 0.5) is 21.9 Å². The number of carbonyl (C=O) groups excluding carboxylic acids is 1. The normalized spacial score (nSPS) is 14.6. The summed E-state index contributed by atoms with van der Waals surface area (Å²) in [5.74, 6) is 0. The maximum absolute atomic E-state index is 11.8. The van der Waals surface area contributed by atoms with Crippen LogP contribution in [0.1, 0.15) is 32.1 Å². The maximum atomic E-state index is 11.8. The lowest BCUT2D eigenvalue weighted by molar-refractivity contribution is 0.234. The van der Waals surface area contributed by atoms with Gasteiger partial charge in [-0.15, -0.1) is 0 Å². The molecule has 1 aliphatic rings. The zero-order chi connectivity index (χ0) is 15.1. The van der Waals surface area contributed by atoms with Gasteiger partial charge < -0.3 is 5.32 Å². The second-order valence-corrected chi connectivity index (χ2v) is 4.99. The number of hydrazine groups is 1. The Labute approximate surface area is 124 Å². The minimum absolute atomic E-state index is 0.240. The summed E-state index contributed by atoms with van der Waals surface area (Å²) in [5.41, 5.74) is 6.46. The third-order valence-corrected chi connectivity index (χ3v) is 3.48. The predicted molar refractivity (Wildman–Crippen MR) is 81.1 cm³/mol. The van der Waals surface area contributed by atoms with E-state index in [0.29, 0.717) is 11.4 Å². The fourth-order valence-electron chi connectivity index (χ4n) is 2.38. The van der Waals surface area contributed by atoms with Crippen molar-refractivity contribution in [3.8, 4) is 0 Å². The molecule has 3 N–H and O–H groups in total. The Kier molecular flexibility index (Phi) is 5.00. The van der Waals surface area contributed by atoms with Crippen LogP contribution in [0.2, 0.25) is 0 Å². The molecule has 0 heterocycles. The van der Waals surface area contributed by atoms with Crippen LogP contribution in [0.25, 0.3) is 9.69 Å². The summed E-state index contributed by atoms with van der Waals surface area (Å²) < 4.78 is 0. The molecule has 0 spiro atoms. The molecule has 21 heavy (non-hydrogen) atoms. The molecule has 6 heteroatoms. The van der Waals surface area contributed by atoms with E-state index in [1.807, 2.05) is 0 Å². The van der Waals surface area contributed by atoms with E-state index in [0.717, 1.165) is 25.7 Å². The Morgan fingerprint density at radius 1 is 1.10 bits per heavy atom. The molecule has 1 saturated carbocycles. The first kappa shape index (κ1) is 14.7. The fraction of sp³-hybridized carbons (Fsp3) is 0.400. The molecule has 1 aliphatic carbocycles. The lowest BCUT2D eigenvalue weighted by Gasteiger charge is -2.23. The SMILES string of the molecule is [C-]#[N+]c1ccc(NNC(=O)NC2CCCCC2)cc1[N+]#[C-]. The highest BCUT2D eigenvalue weighted by Crippen LogP contribution is 2.30. The molecule has 0 radical (unpaired) electrons. The zero-order valence-corrected chi connectivity index (χ0v) is 11.6. The number of nitrogens with zero attached hydrogens (tertiary/aromatic N) is 2. The van der Waals surface area contributed by atoms with Crippen LogP contribution < -0.4 is 16.2 Å².